The first-order valence-electron chi connectivity index (χ1n) is 5.57. The first kappa shape index (κ1) is 14.7. The lowest BCUT2D eigenvalue weighted by molar-refractivity contribution is 0.102. The Labute approximate surface area is 128 Å². The van der Waals surface area contributed by atoms with Gasteiger partial charge in [0.05, 0.1) is 16.9 Å². The van der Waals surface area contributed by atoms with E-state index in [0.29, 0.717) is 10.2 Å². The number of hydrogen-bond donors (Lipinski definition) is 2. The molecule has 0 saturated heterocycles. The molecule has 0 bridgehead atoms. The number of aromatic nitrogens is 1. The zero-order valence-corrected chi connectivity index (χ0v) is 12.7. The zero-order valence-electron chi connectivity index (χ0n) is 10.4. The summed E-state index contributed by atoms with van der Waals surface area (Å²) in [4.78, 5) is 16.1. The van der Waals surface area contributed by atoms with E-state index >= 15 is 0 Å². The molecule has 1 aromatic carbocycles. The Bertz CT molecular complexity index is 673. The van der Waals surface area contributed by atoms with Crippen LogP contribution in [0.15, 0.2) is 28.9 Å². The van der Waals surface area contributed by atoms with Crippen molar-refractivity contribution >= 4 is 44.8 Å². The Balaban J connectivity index is 2.36. The molecule has 1 amide bonds. The molecule has 104 valence electrons. The van der Waals surface area contributed by atoms with Crippen LogP contribution in [0, 0.1) is 12.7 Å². The normalized spacial score (nSPS) is 10.4. The number of rotatable bonds is 2. The highest BCUT2D eigenvalue weighted by Gasteiger charge is 2.16. The molecule has 0 aliphatic rings. The Morgan fingerprint density at radius 3 is 2.85 bits per heavy atom. The molecule has 20 heavy (non-hydrogen) atoms. The van der Waals surface area contributed by atoms with Gasteiger partial charge in [0.25, 0.3) is 5.91 Å². The fraction of sp³-hybridized carbons (Fsp3) is 0.0769. The van der Waals surface area contributed by atoms with Crippen molar-refractivity contribution in [2.24, 2.45) is 0 Å². The van der Waals surface area contributed by atoms with Gasteiger partial charge >= 0.3 is 0 Å². The van der Waals surface area contributed by atoms with Crippen LogP contribution in [-0.4, -0.2) is 10.9 Å². The van der Waals surface area contributed by atoms with Crippen LogP contribution >= 0.6 is 27.5 Å². The topological polar surface area (TPSA) is 68.0 Å². The molecule has 7 heteroatoms. The van der Waals surface area contributed by atoms with Gasteiger partial charge in [-0.15, -0.1) is 0 Å². The van der Waals surface area contributed by atoms with Gasteiger partial charge in [-0.1, -0.05) is 11.6 Å². The third-order valence-electron chi connectivity index (χ3n) is 2.68. The monoisotopic (exact) mass is 357 g/mol. The first-order valence-corrected chi connectivity index (χ1v) is 6.74. The number of aryl methyl sites for hydroxylation is 1. The van der Waals surface area contributed by atoms with Crippen LogP contribution in [-0.2, 0) is 0 Å². The van der Waals surface area contributed by atoms with Gasteiger partial charge in [-0.25, -0.2) is 9.37 Å². The van der Waals surface area contributed by atoms with Crippen LogP contribution < -0.4 is 11.1 Å². The van der Waals surface area contributed by atoms with Gasteiger partial charge < -0.3 is 11.1 Å². The van der Waals surface area contributed by atoms with Gasteiger partial charge in [-0.2, -0.15) is 0 Å². The summed E-state index contributed by atoms with van der Waals surface area (Å²) in [5, 5.41) is 2.83. The van der Waals surface area contributed by atoms with Gasteiger partial charge in [0.15, 0.2) is 5.15 Å². The Kier molecular flexibility index (Phi) is 4.25. The average Bonchev–Trinajstić information content (AvgIpc) is 2.38. The lowest BCUT2D eigenvalue weighted by atomic mass is 10.1. The minimum Gasteiger partial charge on any atom is -0.396 e. The van der Waals surface area contributed by atoms with Crippen molar-refractivity contribution in [1.29, 1.82) is 0 Å². The highest BCUT2D eigenvalue weighted by molar-refractivity contribution is 9.10. The molecular formula is C13H10BrClFN3O. The smallest absolute Gasteiger partial charge is 0.256 e. The van der Waals surface area contributed by atoms with Crippen LogP contribution in [0.25, 0.3) is 0 Å². The molecule has 0 aliphatic carbocycles. The van der Waals surface area contributed by atoms with Crippen LogP contribution in [0.2, 0.25) is 5.15 Å². The van der Waals surface area contributed by atoms with Gasteiger partial charge in [0.2, 0.25) is 0 Å². The molecule has 0 aliphatic heterocycles. The zero-order chi connectivity index (χ0) is 14.9. The van der Waals surface area contributed by atoms with E-state index in [4.69, 9.17) is 17.3 Å². The van der Waals surface area contributed by atoms with Crippen molar-refractivity contribution in [1.82, 2.24) is 4.98 Å². The standard InChI is InChI=1S/C13H10BrClFN3O/c1-6-2-3-18-12(15)11(6)19-13(20)7-4-10(17)9(16)5-8(7)14/h2-5H,17H2,1H3,(H,19,20). The maximum absolute atomic E-state index is 13.3. The number of carbonyl (C=O) groups excluding carboxylic acids is 1. The molecular weight excluding hydrogens is 349 g/mol. The predicted molar refractivity (Wildman–Crippen MR) is 80.4 cm³/mol. The molecule has 1 aromatic heterocycles. The molecule has 0 saturated carbocycles. The number of halogens is 3. The molecule has 1 heterocycles. The first-order chi connectivity index (χ1) is 9.40. The van der Waals surface area contributed by atoms with Gasteiger partial charge in [-0.3, -0.25) is 4.79 Å². The van der Waals surface area contributed by atoms with E-state index in [9.17, 15) is 9.18 Å². The number of pyridine rings is 1. The second-order valence-electron chi connectivity index (χ2n) is 4.10. The van der Waals surface area contributed by atoms with Crippen LogP contribution in [0.1, 0.15) is 15.9 Å². The summed E-state index contributed by atoms with van der Waals surface area (Å²) in [6.07, 6.45) is 1.54. The molecule has 0 radical (unpaired) electrons. The summed E-state index contributed by atoms with van der Waals surface area (Å²) >= 11 is 9.06. The molecule has 0 atom stereocenters. The summed E-state index contributed by atoms with van der Waals surface area (Å²) in [5.41, 5.74) is 6.75. The van der Waals surface area contributed by atoms with Gasteiger partial charge in [0, 0.05) is 10.7 Å². The Morgan fingerprint density at radius 1 is 1.50 bits per heavy atom. The van der Waals surface area contributed by atoms with Crippen molar-refractivity contribution < 1.29 is 9.18 Å². The maximum Gasteiger partial charge on any atom is 0.256 e. The average molecular weight is 359 g/mol. The Morgan fingerprint density at radius 2 is 2.20 bits per heavy atom. The summed E-state index contributed by atoms with van der Waals surface area (Å²) in [5.74, 6) is -1.05. The van der Waals surface area contributed by atoms with Crippen LogP contribution in [0.4, 0.5) is 15.8 Å². The molecule has 0 fully saturated rings. The fourth-order valence-corrected chi connectivity index (χ4v) is 2.34. The van der Waals surface area contributed by atoms with Crippen LogP contribution in [0.5, 0.6) is 0 Å². The minimum absolute atomic E-state index is 0.104. The Hall–Kier alpha value is -1.66. The predicted octanol–water partition coefficient (Wildman–Crippen LogP) is 3.78. The maximum atomic E-state index is 13.3. The number of nitrogens with one attached hydrogen (secondary N) is 1. The number of nitrogen functional groups attached to an aromatic ring is 1. The second-order valence-corrected chi connectivity index (χ2v) is 5.31. The van der Waals surface area contributed by atoms with Crippen molar-refractivity contribution in [3.05, 3.63) is 51.0 Å². The summed E-state index contributed by atoms with van der Waals surface area (Å²) < 4.78 is 13.6. The number of carbonyl (C=O) groups is 1. The largest absolute Gasteiger partial charge is 0.396 e. The number of anilines is 2. The van der Waals surface area contributed by atoms with Gasteiger partial charge in [-0.05, 0) is 46.6 Å². The third kappa shape index (κ3) is 2.91. The number of benzene rings is 1. The SMILES string of the molecule is Cc1ccnc(Cl)c1NC(=O)c1cc(N)c(F)cc1Br. The fourth-order valence-electron chi connectivity index (χ4n) is 1.60. The minimum atomic E-state index is -0.594. The number of nitrogens with zero attached hydrogens (tertiary/aromatic N) is 1. The van der Waals surface area contributed by atoms with E-state index in [-0.39, 0.29) is 16.4 Å². The molecule has 2 rings (SSSR count). The summed E-state index contributed by atoms with van der Waals surface area (Å²) in [6.45, 7) is 1.79. The van der Waals surface area contributed by atoms with Crippen molar-refractivity contribution in [3.8, 4) is 0 Å². The van der Waals surface area contributed by atoms with E-state index in [1.807, 2.05) is 0 Å². The molecule has 0 unspecified atom stereocenters. The number of amides is 1. The number of hydrogen-bond acceptors (Lipinski definition) is 3. The second kappa shape index (κ2) is 5.76. The quantitative estimate of drug-likeness (QED) is 0.634. The lowest BCUT2D eigenvalue weighted by Gasteiger charge is -2.11. The highest BCUT2D eigenvalue weighted by atomic mass is 79.9. The van der Waals surface area contributed by atoms with Crippen molar-refractivity contribution in [3.63, 3.8) is 0 Å². The summed E-state index contributed by atoms with van der Waals surface area (Å²) in [7, 11) is 0. The molecule has 2 aromatic rings. The van der Waals surface area contributed by atoms with Crippen LogP contribution in [0.3, 0.4) is 0 Å². The molecule has 3 N–H and O–H groups in total. The van der Waals surface area contributed by atoms with E-state index < -0.39 is 11.7 Å². The molecule has 0 spiro atoms. The van der Waals surface area contributed by atoms with E-state index in [0.717, 1.165) is 11.6 Å². The molecule has 4 nitrogen and oxygen atoms in total. The van der Waals surface area contributed by atoms with E-state index in [2.05, 4.69) is 26.2 Å². The summed E-state index contributed by atoms with van der Waals surface area (Å²) in [6, 6.07) is 4.12. The van der Waals surface area contributed by atoms with E-state index in [1.54, 1.807) is 19.2 Å². The lowest BCUT2D eigenvalue weighted by Crippen LogP contribution is -2.15. The highest BCUT2D eigenvalue weighted by Crippen LogP contribution is 2.27. The third-order valence-corrected chi connectivity index (χ3v) is 3.63. The number of nitrogens with two attached hydrogens (primary N) is 1. The van der Waals surface area contributed by atoms with Crippen molar-refractivity contribution in [2.75, 3.05) is 11.1 Å². The van der Waals surface area contributed by atoms with E-state index in [1.165, 1.54) is 6.07 Å². The van der Waals surface area contributed by atoms with Gasteiger partial charge in [0.1, 0.15) is 5.82 Å². The van der Waals surface area contributed by atoms with Crippen molar-refractivity contribution in [2.45, 2.75) is 6.92 Å².